The number of ether oxygens (including phenoxy) is 1. The molecule has 3 aromatic heterocycles. The third kappa shape index (κ3) is 3.14. The van der Waals surface area contributed by atoms with E-state index in [-0.39, 0.29) is 30.1 Å². The number of hydrogen-bond acceptors (Lipinski definition) is 8. The van der Waals surface area contributed by atoms with Gasteiger partial charge in [0.2, 0.25) is 11.8 Å². The molecule has 2 atom stereocenters. The predicted octanol–water partition coefficient (Wildman–Crippen LogP) is 1.77. The summed E-state index contributed by atoms with van der Waals surface area (Å²) >= 11 is 0. The topological polar surface area (TPSA) is 126 Å². The number of rotatable bonds is 4. The summed E-state index contributed by atoms with van der Waals surface area (Å²) in [5, 5.41) is 12.3. The molecule has 0 radical (unpaired) electrons. The van der Waals surface area contributed by atoms with Gasteiger partial charge in [0.25, 0.3) is 5.56 Å². The van der Waals surface area contributed by atoms with Crippen molar-refractivity contribution in [3.05, 3.63) is 69.2 Å². The molecule has 1 saturated heterocycles. The highest BCUT2D eigenvalue weighted by atomic mass is 16.5. The monoisotopic (exact) mass is 407 g/mol. The van der Waals surface area contributed by atoms with Crippen molar-refractivity contribution in [2.45, 2.75) is 38.8 Å². The Balaban J connectivity index is 1.35. The van der Waals surface area contributed by atoms with Gasteiger partial charge in [-0.3, -0.25) is 9.36 Å². The second kappa shape index (κ2) is 7.06. The first-order valence-corrected chi connectivity index (χ1v) is 9.71. The summed E-state index contributed by atoms with van der Waals surface area (Å²) in [6.07, 6.45) is 2.35. The summed E-state index contributed by atoms with van der Waals surface area (Å²) in [4.78, 5) is 17.3. The van der Waals surface area contributed by atoms with Crippen molar-refractivity contribution in [3.8, 4) is 0 Å². The van der Waals surface area contributed by atoms with Crippen molar-refractivity contribution in [2.24, 2.45) is 0 Å². The maximum atomic E-state index is 12.8. The molecule has 30 heavy (non-hydrogen) atoms. The van der Waals surface area contributed by atoms with Crippen molar-refractivity contribution in [3.63, 3.8) is 0 Å². The molecule has 10 heteroatoms. The van der Waals surface area contributed by atoms with Gasteiger partial charge in [-0.1, -0.05) is 35.0 Å². The first-order valence-electron chi connectivity index (χ1n) is 9.71. The minimum atomic E-state index is -0.305. The van der Waals surface area contributed by atoms with Gasteiger partial charge in [-0.2, -0.15) is 10.1 Å². The molecule has 5 rings (SSSR count). The van der Waals surface area contributed by atoms with Gasteiger partial charge in [0.1, 0.15) is 6.54 Å². The van der Waals surface area contributed by atoms with Crippen LogP contribution in [0.5, 0.6) is 0 Å². The molecule has 2 N–H and O–H groups in total. The highest BCUT2D eigenvalue weighted by Gasteiger charge is 2.31. The van der Waals surface area contributed by atoms with Crippen molar-refractivity contribution in [1.29, 1.82) is 0 Å². The maximum Gasteiger partial charge on any atom is 0.281 e. The fourth-order valence-corrected chi connectivity index (χ4v) is 3.74. The molecule has 0 bridgehead atoms. The molecular formula is C20H21N7O3. The number of fused-ring (bicyclic) bond motifs is 1. The Hall–Kier alpha value is -3.53. The molecule has 0 aliphatic carbocycles. The van der Waals surface area contributed by atoms with Gasteiger partial charge in [-0.15, -0.1) is 9.73 Å². The Morgan fingerprint density at radius 2 is 2.03 bits per heavy atom. The quantitative estimate of drug-likeness (QED) is 0.542. The second-order valence-electron chi connectivity index (χ2n) is 7.63. The lowest BCUT2D eigenvalue weighted by Gasteiger charge is -2.09. The van der Waals surface area contributed by atoms with Crippen LogP contribution in [0, 0.1) is 13.8 Å². The molecule has 0 spiro atoms. The molecule has 1 aliphatic heterocycles. The standard InChI is InChI=1S/C20H21N7O3/c1-11-3-5-13(6-4-11)15-7-14(10-29-15)18-23-16(30-25-18)9-26-19(28)17-12(2)8-22-27(17)24-20(26)21/h3-6,8,14-15H,7,9-10H2,1-2H3,(H2,21,24)/t14-,15+/m0/s1. The van der Waals surface area contributed by atoms with Crippen LogP contribution in [-0.2, 0) is 11.3 Å². The van der Waals surface area contributed by atoms with Crippen molar-refractivity contribution in [1.82, 2.24) is 29.5 Å². The van der Waals surface area contributed by atoms with E-state index in [0.29, 0.717) is 23.8 Å². The summed E-state index contributed by atoms with van der Waals surface area (Å²) in [7, 11) is 0. The number of aromatic nitrogens is 6. The van der Waals surface area contributed by atoms with E-state index in [1.54, 1.807) is 13.1 Å². The van der Waals surface area contributed by atoms with E-state index in [0.717, 1.165) is 17.5 Å². The summed E-state index contributed by atoms with van der Waals surface area (Å²) < 4.78 is 13.9. The third-order valence-corrected chi connectivity index (χ3v) is 5.44. The average Bonchev–Trinajstić information content (AvgIpc) is 3.46. The molecule has 0 unspecified atom stereocenters. The first-order chi connectivity index (χ1) is 14.5. The molecular weight excluding hydrogens is 386 g/mol. The van der Waals surface area contributed by atoms with Gasteiger partial charge in [0.15, 0.2) is 11.3 Å². The summed E-state index contributed by atoms with van der Waals surface area (Å²) in [5.74, 6) is 0.918. The van der Waals surface area contributed by atoms with Gasteiger partial charge in [-0.25, -0.2) is 0 Å². The zero-order valence-electron chi connectivity index (χ0n) is 16.6. The minimum absolute atomic E-state index is 0.00672. The lowest BCUT2D eigenvalue weighted by molar-refractivity contribution is 0.110. The fraction of sp³-hybridized carbons (Fsp3) is 0.350. The number of hydrogen-bond donors (Lipinski definition) is 1. The van der Waals surface area contributed by atoms with Crippen LogP contribution in [0.2, 0.25) is 0 Å². The number of aryl methyl sites for hydroxylation is 2. The first kappa shape index (κ1) is 18.5. The van der Waals surface area contributed by atoms with E-state index in [4.69, 9.17) is 15.0 Å². The molecule has 1 fully saturated rings. The molecule has 4 aromatic rings. The Kier molecular flexibility index (Phi) is 4.35. The van der Waals surface area contributed by atoms with E-state index in [9.17, 15) is 4.79 Å². The Labute approximate surface area is 171 Å². The van der Waals surface area contributed by atoms with Crippen LogP contribution < -0.4 is 11.3 Å². The number of anilines is 1. The largest absolute Gasteiger partial charge is 0.373 e. The second-order valence-corrected chi connectivity index (χ2v) is 7.63. The van der Waals surface area contributed by atoms with E-state index >= 15 is 0 Å². The van der Waals surface area contributed by atoms with Crippen LogP contribution in [0.4, 0.5) is 5.95 Å². The molecule has 1 aliphatic rings. The van der Waals surface area contributed by atoms with Crippen LogP contribution in [-0.4, -0.2) is 36.1 Å². The smallest absolute Gasteiger partial charge is 0.281 e. The van der Waals surface area contributed by atoms with E-state index in [1.807, 2.05) is 0 Å². The van der Waals surface area contributed by atoms with Crippen molar-refractivity contribution < 1.29 is 9.26 Å². The van der Waals surface area contributed by atoms with Crippen LogP contribution in [0.1, 0.15) is 46.8 Å². The summed E-state index contributed by atoms with van der Waals surface area (Å²) in [6.45, 7) is 4.41. The Bertz CT molecular complexity index is 1270. The molecule has 0 saturated carbocycles. The Morgan fingerprint density at radius 3 is 2.83 bits per heavy atom. The van der Waals surface area contributed by atoms with Gasteiger partial charge < -0.3 is 15.0 Å². The zero-order chi connectivity index (χ0) is 20.8. The minimum Gasteiger partial charge on any atom is -0.373 e. The van der Waals surface area contributed by atoms with E-state index in [2.05, 4.69) is 51.5 Å². The van der Waals surface area contributed by atoms with Crippen LogP contribution in [0.15, 0.2) is 39.8 Å². The number of nitrogens with zero attached hydrogens (tertiary/aromatic N) is 6. The summed E-state index contributed by atoms with van der Waals surface area (Å²) in [6, 6.07) is 8.32. The number of nitrogens with two attached hydrogens (primary N) is 1. The number of benzene rings is 1. The predicted molar refractivity (Wildman–Crippen MR) is 107 cm³/mol. The molecule has 10 nitrogen and oxygen atoms in total. The Morgan fingerprint density at radius 1 is 1.23 bits per heavy atom. The normalized spacial score (nSPS) is 19.0. The third-order valence-electron chi connectivity index (χ3n) is 5.44. The fourth-order valence-electron chi connectivity index (χ4n) is 3.74. The lowest BCUT2D eigenvalue weighted by atomic mass is 9.99. The molecule has 1 aromatic carbocycles. The molecule has 154 valence electrons. The SMILES string of the molecule is Cc1ccc([C@H]2C[C@H](c3noc(Cn4c(N)nn5ncc(C)c5c4=O)n3)CO2)cc1. The van der Waals surface area contributed by atoms with Crippen molar-refractivity contribution in [2.75, 3.05) is 12.3 Å². The van der Waals surface area contributed by atoms with Gasteiger partial charge >= 0.3 is 0 Å². The van der Waals surface area contributed by atoms with Crippen LogP contribution in [0.25, 0.3) is 5.52 Å². The maximum absolute atomic E-state index is 12.8. The molecule has 4 heterocycles. The van der Waals surface area contributed by atoms with Gasteiger partial charge in [-0.05, 0) is 25.8 Å². The van der Waals surface area contributed by atoms with Crippen LogP contribution in [0.3, 0.4) is 0 Å². The average molecular weight is 407 g/mol. The molecule has 0 amide bonds. The zero-order valence-corrected chi connectivity index (χ0v) is 16.6. The van der Waals surface area contributed by atoms with Gasteiger partial charge in [0.05, 0.1) is 18.9 Å². The van der Waals surface area contributed by atoms with Crippen LogP contribution >= 0.6 is 0 Å². The van der Waals surface area contributed by atoms with E-state index < -0.39 is 0 Å². The highest BCUT2D eigenvalue weighted by molar-refractivity contribution is 5.51. The van der Waals surface area contributed by atoms with E-state index in [1.165, 1.54) is 14.8 Å². The van der Waals surface area contributed by atoms with Crippen molar-refractivity contribution >= 4 is 11.5 Å². The lowest BCUT2D eigenvalue weighted by Crippen LogP contribution is -2.28. The van der Waals surface area contributed by atoms with Gasteiger partial charge in [0, 0.05) is 11.5 Å². The highest BCUT2D eigenvalue weighted by Crippen LogP contribution is 2.37. The number of nitrogen functional groups attached to an aromatic ring is 1. The summed E-state index contributed by atoms with van der Waals surface area (Å²) in [5.41, 5.74) is 9.09.